The zero-order chi connectivity index (χ0) is 28.0. The molecule has 4 amide bonds. The Morgan fingerprint density at radius 3 is 2.56 bits per heavy atom. The molecule has 3 aliphatic rings. The third-order valence-electron chi connectivity index (χ3n) is 8.31. The van der Waals surface area contributed by atoms with Crippen LogP contribution in [0.1, 0.15) is 34.1 Å². The van der Waals surface area contributed by atoms with E-state index in [0.29, 0.717) is 31.8 Å². The van der Waals surface area contributed by atoms with Crippen LogP contribution in [0.25, 0.3) is 10.9 Å². The Hall–Kier alpha value is -3.64. The summed E-state index contributed by atoms with van der Waals surface area (Å²) in [6.45, 7) is 7.73. The van der Waals surface area contributed by atoms with Crippen LogP contribution in [-0.4, -0.2) is 95.4 Å². The molecule has 2 bridgehead atoms. The number of urea groups is 1. The van der Waals surface area contributed by atoms with Gasteiger partial charge in [-0.3, -0.25) is 24.6 Å². The number of amides is 4. The van der Waals surface area contributed by atoms with Gasteiger partial charge in [0.05, 0.1) is 25.2 Å². The zero-order valence-corrected chi connectivity index (χ0v) is 23.9. The largest absolute Gasteiger partial charge is 0.492 e. The molecule has 0 saturated carbocycles. The molecule has 0 radical (unpaired) electrons. The third kappa shape index (κ3) is 5.03. The summed E-state index contributed by atoms with van der Waals surface area (Å²) in [5, 5.41) is 9.88. The zero-order valence-electron chi connectivity index (χ0n) is 23.1. The van der Waals surface area contributed by atoms with E-state index < -0.39 is 11.3 Å². The summed E-state index contributed by atoms with van der Waals surface area (Å²) in [6.07, 6.45) is 0. The van der Waals surface area contributed by atoms with E-state index >= 15 is 0 Å². The molecule has 2 aromatic carbocycles. The average Bonchev–Trinajstić information content (AvgIpc) is 3.28. The molecule has 0 aliphatic carbocycles. The molecule has 4 heterocycles. The Morgan fingerprint density at radius 1 is 1.12 bits per heavy atom. The lowest BCUT2D eigenvalue weighted by Gasteiger charge is -2.47. The highest BCUT2D eigenvalue weighted by atomic mass is 35.5. The van der Waals surface area contributed by atoms with Crippen LogP contribution in [0.15, 0.2) is 42.5 Å². The van der Waals surface area contributed by atoms with Gasteiger partial charge in [0.1, 0.15) is 12.4 Å². The molecule has 0 unspecified atom stereocenters. The summed E-state index contributed by atoms with van der Waals surface area (Å²) in [7, 11) is 1.55. The second-order valence-electron chi connectivity index (χ2n) is 10.9. The summed E-state index contributed by atoms with van der Waals surface area (Å²) in [6, 6.07) is 12.7. The standard InChI is InChI=1S/C29H33N5O6.ClH/c1-29-18-33(28(37)31(2)27(29)36)17-24-25(29)22-15-21(40-14-11-32-9-12-39-13-10-32)7-8-23(22)34(24)16-19-3-5-20(6-4-19)26(35)30-38;/h3-8,15,38H,9-14,16-18H2,1-2H3,(H,30,35);1H/t29-;/m0./s1. The van der Waals surface area contributed by atoms with Crippen LogP contribution in [0.4, 0.5) is 4.79 Å². The molecule has 11 nitrogen and oxygen atoms in total. The number of ether oxygens (including phenoxy) is 2. The number of hydrogen-bond donors (Lipinski definition) is 2. The maximum Gasteiger partial charge on any atom is 0.326 e. The molecule has 3 aliphatic heterocycles. The normalized spacial score (nSPS) is 20.6. The van der Waals surface area contributed by atoms with Crippen LogP contribution in [0.5, 0.6) is 5.75 Å². The van der Waals surface area contributed by atoms with Crippen LogP contribution >= 0.6 is 12.4 Å². The van der Waals surface area contributed by atoms with E-state index in [1.165, 1.54) is 4.90 Å². The van der Waals surface area contributed by atoms with Gasteiger partial charge in [-0.05, 0) is 48.4 Å². The average molecular weight is 584 g/mol. The minimum atomic E-state index is -0.894. The molecule has 6 rings (SSSR count). The Balaban J connectivity index is 0.00000337. The molecule has 218 valence electrons. The fourth-order valence-electron chi connectivity index (χ4n) is 6.24. The number of nitrogens with zero attached hydrogens (tertiary/aromatic N) is 4. The van der Waals surface area contributed by atoms with Crippen molar-refractivity contribution >= 4 is 41.2 Å². The number of likely N-dealkylation sites (N-methyl/N-ethyl adjacent to an activating group) is 1. The Morgan fingerprint density at radius 2 is 1.85 bits per heavy atom. The molecule has 3 aromatic rings. The van der Waals surface area contributed by atoms with Crippen molar-refractivity contribution in [2.75, 3.05) is 53.0 Å². The van der Waals surface area contributed by atoms with Gasteiger partial charge in [-0.25, -0.2) is 10.3 Å². The van der Waals surface area contributed by atoms with E-state index in [1.807, 2.05) is 37.3 Å². The number of rotatable bonds is 7. The van der Waals surface area contributed by atoms with Gasteiger partial charge in [0.15, 0.2) is 0 Å². The first-order valence-electron chi connectivity index (χ1n) is 13.5. The summed E-state index contributed by atoms with van der Waals surface area (Å²) in [5.74, 6) is -0.0586. The highest BCUT2D eigenvalue weighted by Gasteiger charge is 2.53. The maximum atomic E-state index is 13.6. The molecule has 2 fully saturated rings. The van der Waals surface area contributed by atoms with Gasteiger partial charge >= 0.3 is 6.03 Å². The minimum absolute atomic E-state index is 0. The van der Waals surface area contributed by atoms with E-state index in [1.54, 1.807) is 29.6 Å². The van der Waals surface area contributed by atoms with Gasteiger partial charge in [0, 0.05) is 61.9 Å². The van der Waals surface area contributed by atoms with E-state index in [2.05, 4.69) is 9.47 Å². The number of aromatic nitrogens is 1. The fourth-order valence-corrected chi connectivity index (χ4v) is 6.24. The molecular formula is C29H34ClN5O6. The molecule has 12 heteroatoms. The number of nitrogens with one attached hydrogen (secondary N) is 1. The molecular weight excluding hydrogens is 550 g/mol. The first-order valence-corrected chi connectivity index (χ1v) is 13.5. The van der Waals surface area contributed by atoms with Crippen LogP contribution in [0.2, 0.25) is 0 Å². The number of carbonyl (C=O) groups is 3. The lowest BCUT2D eigenvalue weighted by Crippen LogP contribution is -2.63. The fraction of sp³-hybridized carbons (Fsp3) is 0.414. The molecule has 2 saturated heterocycles. The lowest BCUT2D eigenvalue weighted by atomic mass is 9.75. The first kappa shape index (κ1) is 28.9. The smallest absolute Gasteiger partial charge is 0.326 e. The number of hydrogen-bond acceptors (Lipinski definition) is 7. The number of carbonyl (C=O) groups excluding carboxylic acids is 3. The number of hydroxylamine groups is 1. The van der Waals surface area contributed by atoms with Gasteiger partial charge < -0.3 is 18.9 Å². The quantitative estimate of drug-likeness (QED) is 0.324. The highest BCUT2D eigenvalue weighted by Crippen LogP contribution is 2.45. The summed E-state index contributed by atoms with van der Waals surface area (Å²) >= 11 is 0. The van der Waals surface area contributed by atoms with Crippen molar-refractivity contribution in [1.29, 1.82) is 0 Å². The van der Waals surface area contributed by atoms with Crippen LogP contribution in [0.3, 0.4) is 0 Å². The summed E-state index contributed by atoms with van der Waals surface area (Å²) in [4.78, 5) is 43.6. The molecule has 41 heavy (non-hydrogen) atoms. The Labute approximate surface area is 243 Å². The third-order valence-corrected chi connectivity index (χ3v) is 8.31. The van der Waals surface area contributed by atoms with Crippen LogP contribution in [0, 0.1) is 0 Å². The SMILES string of the molecule is CN1C(=O)N2Cc3c(c4cc(OCCN5CCOCC5)ccc4n3Cc3ccc(C(=O)NO)cc3)[C@](C)(C2)C1=O.Cl. The minimum Gasteiger partial charge on any atom is -0.492 e. The van der Waals surface area contributed by atoms with Gasteiger partial charge in [-0.2, -0.15) is 0 Å². The number of imide groups is 1. The number of morpholine rings is 1. The number of halogens is 1. The molecule has 1 aromatic heterocycles. The van der Waals surface area contributed by atoms with E-state index in [9.17, 15) is 14.4 Å². The summed E-state index contributed by atoms with van der Waals surface area (Å²) < 4.78 is 13.8. The number of fused-ring (bicyclic) bond motifs is 6. The molecule has 2 N–H and O–H groups in total. The van der Waals surface area contributed by atoms with Crippen molar-refractivity contribution in [3.8, 4) is 5.75 Å². The van der Waals surface area contributed by atoms with Crippen molar-refractivity contribution < 1.29 is 29.1 Å². The van der Waals surface area contributed by atoms with Crippen LogP contribution < -0.4 is 10.2 Å². The van der Waals surface area contributed by atoms with Crippen molar-refractivity contribution in [1.82, 2.24) is 24.7 Å². The molecule has 1 atom stereocenters. The highest BCUT2D eigenvalue weighted by molar-refractivity contribution is 6.06. The second kappa shape index (κ2) is 11.3. The summed E-state index contributed by atoms with van der Waals surface area (Å²) in [5.41, 5.74) is 4.83. The Bertz CT molecular complexity index is 1490. The Kier molecular flexibility index (Phi) is 7.97. The lowest BCUT2D eigenvalue weighted by molar-refractivity contribution is -0.137. The van der Waals surface area contributed by atoms with Crippen molar-refractivity contribution in [3.63, 3.8) is 0 Å². The monoisotopic (exact) mass is 583 g/mol. The second-order valence-corrected chi connectivity index (χ2v) is 10.9. The number of benzene rings is 2. The van der Waals surface area contributed by atoms with Crippen LogP contribution in [-0.2, 0) is 28.0 Å². The van der Waals surface area contributed by atoms with E-state index in [-0.39, 0.29) is 24.3 Å². The van der Waals surface area contributed by atoms with Gasteiger partial charge in [0.25, 0.3) is 5.91 Å². The predicted octanol–water partition coefficient (Wildman–Crippen LogP) is 2.61. The van der Waals surface area contributed by atoms with Gasteiger partial charge in [-0.1, -0.05) is 12.1 Å². The predicted molar refractivity (Wildman–Crippen MR) is 153 cm³/mol. The van der Waals surface area contributed by atoms with E-state index in [0.717, 1.165) is 66.3 Å². The van der Waals surface area contributed by atoms with Crippen molar-refractivity contribution in [2.45, 2.75) is 25.4 Å². The van der Waals surface area contributed by atoms with Gasteiger partial charge in [-0.15, -0.1) is 12.4 Å². The van der Waals surface area contributed by atoms with Gasteiger partial charge in [0.2, 0.25) is 5.91 Å². The van der Waals surface area contributed by atoms with Crippen molar-refractivity contribution in [2.24, 2.45) is 0 Å². The van der Waals surface area contributed by atoms with E-state index in [4.69, 9.17) is 14.7 Å². The van der Waals surface area contributed by atoms with Crippen molar-refractivity contribution in [3.05, 3.63) is 64.8 Å². The molecule has 0 spiro atoms. The maximum absolute atomic E-state index is 13.6. The topological polar surface area (TPSA) is 117 Å². The first-order chi connectivity index (χ1) is 19.3.